The number of hydrogen-bond donors (Lipinski definition) is 1. The van der Waals surface area contributed by atoms with Crippen LogP contribution < -0.4 is 5.32 Å². The summed E-state index contributed by atoms with van der Waals surface area (Å²) in [7, 11) is 1.20. The van der Waals surface area contributed by atoms with Crippen LogP contribution in [0.5, 0.6) is 0 Å². The minimum Gasteiger partial charge on any atom is -0.468 e. The molecule has 2 aromatic heterocycles. The molecule has 0 saturated carbocycles. The van der Waals surface area contributed by atoms with Crippen LogP contribution in [0, 0.1) is 13.8 Å². The van der Waals surface area contributed by atoms with Gasteiger partial charge in [-0.2, -0.15) is 0 Å². The summed E-state index contributed by atoms with van der Waals surface area (Å²) < 4.78 is 6.47. The summed E-state index contributed by atoms with van der Waals surface area (Å²) in [4.78, 5) is 40.9. The molecule has 0 bridgehead atoms. The Bertz CT molecular complexity index is 915. The zero-order valence-corrected chi connectivity index (χ0v) is 14.6. The molecule has 3 heterocycles. The second-order valence-electron chi connectivity index (χ2n) is 5.81. The summed E-state index contributed by atoms with van der Waals surface area (Å²) in [6.45, 7) is 3.41. The van der Waals surface area contributed by atoms with E-state index in [0.717, 1.165) is 27.7 Å². The van der Waals surface area contributed by atoms with Crippen molar-refractivity contribution in [1.29, 1.82) is 0 Å². The minimum atomic E-state index is -0.664. The first-order chi connectivity index (χ1) is 12.4. The number of aromatic nitrogens is 2. The second kappa shape index (κ2) is 6.83. The van der Waals surface area contributed by atoms with Gasteiger partial charge in [-0.05, 0) is 43.7 Å². The van der Waals surface area contributed by atoms with Crippen LogP contribution >= 0.6 is 0 Å². The van der Waals surface area contributed by atoms with Gasteiger partial charge in [-0.15, -0.1) is 0 Å². The molecule has 0 atom stereocenters. The number of imide groups is 1. The quantitative estimate of drug-likeness (QED) is 0.511. The number of aryl methyl sites for hydroxylation is 1. The van der Waals surface area contributed by atoms with Gasteiger partial charge in [-0.3, -0.25) is 9.59 Å². The van der Waals surface area contributed by atoms with Crippen molar-refractivity contribution in [1.82, 2.24) is 19.8 Å². The lowest BCUT2D eigenvalue weighted by atomic mass is 10.2. The molecule has 26 heavy (non-hydrogen) atoms. The van der Waals surface area contributed by atoms with Crippen LogP contribution in [0.4, 0.5) is 4.79 Å². The Balaban J connectivity index is 1.93. The number of rotatable bonds is 4. The number of ether oxygens (including phenoxy) is 1. The molecule has 1 saturated heterocycles. The van der Waals surface area contributed by atoms with Crippen LogP contribution in [-0.4, -0.2) is 46.0 Å². The fourth-order valence-corrected chi connectivity index (χ4v) is 2.84. The average Bonchev–Trinajstić information content (AvgIpc) is 3.05. The summed E-state index contributed by atoms with van der Waals surface area (Å²) in [5.41, 5.74) is 2.70. The van der Waals surface area contributed by atoms with E-state index in [9.17, 15) is 14.4 Å². The predicted octanol–water partition coefficient (Wildman–Crippen LogP) is 1.55. The number of pyridine rings is 1. The summed E-state index contributed by atoms with van der Waals surface area (Å²) in [6.07, 6.45) is 3.30. The lowest BCUT2D eigenvalue weighted by molar-refractivity contribution is -0.143. The second-order valence-corrected chi connectivity index (χ2v) is 5.81. The van der Waals surface area contributed by atoms with Gasteiger partial charge in [0.1, 0.15) is 18.1 Å². The molecule has 0 radical (unpaired) electrons. The molecule has 1 N–H and O–H groups in total. The Morgan fingerprint density at radius 3 is 2.73 bits per heavy atom. The highest BCUT2D eigenvalue weighted by Gasteiger charge is 2.35. The molecular formula is C18H18N4O4. The summed E-state index contributed by atoms with van der Waals surface area (Å²) in [5, 5.41) is 2.49. The Labute approximate surface area is 150 Å². The van der Waals surface area contributed by atoms with Gasteiger partial charge in [0.2, 0.25) is 0 Å². The monoisotopic (exact) mass is 354 g/mol. The van der Waals surface area contributed by atoms with Crippen LogP contribution in [0.25, 0.3) is 11.9 Å². The fourth-order valence-electron chi connectivity index (χ4n) is 2.84. The van der Waals surface area contributed by atoms with Crippen molar-refractivity contribution in [3.63, 3.8) is 0 Å². The van der Waals surface area contributed by atoms with Gasteiger partial charge in [-0.25, -0.2) is 14.7 Å². The first-order valence-electron chi connectivity index (χ1n) is 7.94. The standard InChI is InChI=1S/C18H18N4O4/c1-11-8-13(12(2)22(11)15-6-4-5-7-19-15)9-14-17(24)21(18(25)20-14)10-16(23)26-3/h4-9H,10H2,1-3H3,(H,20,25)/b14-9+. The number of carbonyl (C=O) groups excluding carboxylic acids is 3. The number of carbonyl (C=O) groups is 3. The molecule has 1 fully saturated rings. The predicted molar refractivity (Wildman–Crippen MR) is 93.3 cm³/mol. The molecule has 0 spiro atoms. The van der Waals surface area contributed by atoms with Crippen LogP contribution in [0.15, 0.2) is 36.2 Å². The van der Waals surface area contributed by atoms with Crippen LogP contribution in [-0.2, 0) is 14.3 Å². The van der Waals surface area contributed by atoms with Gasteiger partial charge in [0.05, 0.1) is 7.11 Å². The number of urea groups is 1. The maximum absolute atomic E-state index is 12.4. The van der Waals surface area contributed by atoms with Gasteiger partial charge < -0.3 is 14.6 Å². The van der Waals surface area contributed by atoms with Crippen LogP contribution in [0.3, 0.4) is 0 Å². The van der Waals surface area contributed by atoms with E-state index in [-0.39, 0.29) is 5.70 Å². The SMILES string of the molecule is COC(=O)CN1C(=O)N/C(=C/c2cc(C)n(-c3ccccn3)c2C)C1=O. The van der Waals surface area contributed by atoms with Crippen molar-refractivity contribution in [2.45, 2.75) is 13.8 Å². The van der Waals surface area contributed by atoms with E-state index < -0.39 is 24.5 Å². The molecule has 0 aromatic carbocycles. The van der Waals surface area contributed by atoms with Crippen LogP contribution in [0.2, 0.25) is 0 Å². The molecular weight excluding hydrogens is 336 g/mol. The van der Waals surface area contributed by atoms with E-state index in [1.165, 1.54) is 7.11 Å². The van der Waals surface area contributed by atoms with Crippen LogP contribution in [0.1, 0.15) is 17.0 Å². The van der Waals surface area contributed by atoms with Crippen molar-refractivity contribution in [3.05, 3.63) is 53.1 Å². The third-order valence-electron chi connectivity index (χ3n) is 4.13. The van der Waals surface area contributed by atoms with E-state index in [4.69, 9.17) is 0 Å². The maximum atomic E-state index is 12.4. The Morgan fingerprint density at radius 1 is 1.31 bits per heavy atom. The Kier molecular flexibility index (Phi) is 4.57. The van der Waals surface area contributed by atoms with Gasteiger partial charge in [0, 0.05) is 17.6 Å². The first-order valence-corrected chi connectivity index (χ1v) is 7.94. The normalized spacial score (nSPS) is 15.5. The Hall–Kier alpha value is -3.42. The van der Waals surface area contributed by atoms with E-state index in [1.54, 1.807) is 12.3 Å². The molecule has 1 aliphatic heterocycles. The van der Waals surface area contributed by atoms with Crippen molar-refractivity contribution in [2.24, 2.45) is 0 Å². The number of nitrogens with one attached hydrogen (secondary N) is 1. The third kappa shape index (κ3) is 3.08. The largest absolute Gasteiger partial charge is 0.468 e. The highest BCUT2D eigenvalue weighted by atomic mass is 16.5. The molecule has 3 rings (SSSR count). The maximum Gasteiger partial charge on any atom is 0.329 e. The number of amides is 3. The zero-order chi connectivity index (χ0) is 18.8. The Morgan fingerprint density at radius 2 is 2.08 bits per heavy atom. The zero-order valence-electron chi connectivity index (χ0n) is 14.6. The van der Waals surface area contributed by atoms with Crippen molar-refractivity contribution >= 4 is 24.0 Å². The molecule has 8 heteroatoms. The van der Waals surface area contributed by atoms with E-state index in [0.29, 0.717) is 0 Å². The van der Waals surface area contributed by atoms with Gasteiger partial charge in [0.25, 0.3) is 5.91 Å². The summed E-state index contributed by atoms with van der Waals surface area (Å²) in [6, 6.07) is 6.87. The fraction of sp³-hybridized carbons (Fsp3) is 0.222. The molecule has 3 amide bonds. The minimum absolute atomic E-state index is 0.111. The molecule has 1 aliphatic rings. The van der Waals surface area contributed by atoms with Gasteiger partial charge in [-0.1, -0.05) is 6.07 Å². The highest BCUT2D eigenvalue weighted by Crippen LogP contribution is 2.23. The van der Waals surface area contributed by atoms with E-state index in [1.807, 2.05) is 42.7 Å². The number of methoxy groups -OCH3 is 1. The number of nitrogens with zero attached hydrogens (tertiary/aromatic N) is 3. The lowest BCUT2D eigenvalue weighted by Crippen LogP contribution is -2.36. The third-order valence-corrected chi connectivity index (χ3v) is 4.13. The van der Waals surface area contributed by atoms with Crippen molar-refractivity contribution < 1.29 is 19.1 Å². The molecule has 8 nitrogen and oxygen atoms in total. The van der Waals surface area contributed by atoms with Crippen molar-refractivity contribution in [3.8, 4) is 5.82 Å². The smallest absolute Gasteiger partial charge is 0.329 e. The van der Waals surface area contributed by atoms with E-state index >= 15 is 0 Å². The molecule has 2 aromatic rings. The molecule has 134 valence electrons. The van der Waals surface area contributed by atoms with E-state index in [2.05, 4.69) is 15.0 Å². The summed E-state index contributed by atoms with van der Waals surface area (Å²) in [5.74, 6) is -0.465. The van der Waals surface area contributed by atoms with Gasteiger partial charge in [0.15, 0.2) is 0 Å². The number of esters is 1. The highest BCUT2D eigenvalue weighted by molar-refractivity contribution is 6.15. The van der Waals surface area contributed by atoms with Gasteiger partial charge >= 0.3 is 12.0 Å². The van der Waals surface area contributed by atoms with Crippen molar-refractivity contribution in [2.75, 3.05) is 13.7 Å². The average molecular weight is 354 g/mol. The molecule has 0 unspecified atom stereocenters. The lowest BCUT2D eigenvalue weighted by Gasteiger charge is -2.09. The number of hydrogen-bond acceptors (Lipinski definition) is 5. The molecule has 0 aliphatic carbocycles. The summed E-state index contributed by atoms with van der Waals surface area (Å²) >= 11 is 0. The topological polar surface area (TPSA) is 93.5 Å². The first kappa shape index (κ1) is 17.4.